The molecule has 84 valence electrons. The summed E-state index contributed by atoms with van der Waals surface area (Å²) in [5.74, 6) is 0. The fourth-order valence-electron chi connectivity index (χ4n) is 1.82. The Morgan fingerprint density at radius 2 is 2.14 bits per heavy atom. The van der Waals surface area contributed by atoms with Gasteiger partial charge in [-0.15, -0.1) is 0 Å². The van der Waals surface area contributed by atoms with E-state index in [-0.39, 0.29) is 0 Å². The van der Waals surface area contributed by atoms with Crippen LogP contribution in [0.3, 0.4) is 0 Å². The Morgan fingerprint density at radius 3 is 2.57 bits per heavy atom. The molecule has 1 unspecified atom stereocenters. The molecule has 0 aliphatic heterocycles. The van der Waals surface area contributed by atoms with Gasteiger partial charge in [0, 0.05) is 12.6 Å². The minimum absolute atomic E-state index is 0.361. The quantitative estimate of drug-likeness (QED) is 0.671. The van der Waals surface area contributed by atoms with Gasteiger partial charge in [0.05, 0.1) is 5.60 Å². The molecular formula is C11H24N2O. The van der Waals surface area contributed by atoms with Gasteiger partial charge < -0.3 is 15.7 Å². The molecule has 1 aliphatic rings. The minimum Gasteiger partial charge on any atom is -0.389 e. The number of hydrogen-bond acceptors (Lipinski definition) is 3. The first-order chi connectivity index (χ1) is 6.55. The number of aliphatic hydroxyl groups is 1. The molecular weight excluding hydrogens is 176 g/mol. The van der Waals surface area contributed by atoms with Crippen molar-refractivity contribution in [2.75, 3.05) is 20.1 Å². The van der Waals surface area contributed by atoms with Gasteiger partial charge in [-0.3, -0.25) is 0 Å². The second kappa shape index (κ2) is 5.10. The maximum absolute atomic E-state index is 9.70. The van der Waals surface area contributed by atoms with Crippen molar-refractivity contribution in [3.8, 4) is 0 Å². The van der Waals surface area contributed by atoms with Crippen molar-refractivity contribution in [3.63, 3.8) is 0 Å². The lowest BCUT2D eigenvalue weighted by Crippen LogP contribution is -2.39. The van der Waals surface area contributed by atoms with Gasteiger partial charge >= 0.3 is 0 Å². The zero-order valence-electron chi connectivity index (χ0n) is 9.50. The highest BCUT2D eigenvalue weighted by Gasteiger charge is 2.22. The van der Waals surface area contributed by atoms with E-state index in [1.807, 2.05) is 6.92 Å². The van der Waals surface area contributed by atoms with Crippen LogP contribution in [0.25, 0.3) is 0 Å². The van der Waals surface area contributed by atoms with E-state index in [0.717, 1.165) is 25.4 Å². The van der Waals surface area contributed by atoms with Gasteiger partial charge in [0.1, 0.15) is 0 Å². The van der Waals surface area contributed by atoms with Gasteiger partial charge in [0.15, 0.2) is 0 Å². The predicted molar refractivity (Wildman–Crippen MR) is 59.2 cm³/mol. The number of hydrogen-bond donors (Lipinski definition) is 2. The molecule has 1 fully saturated rings. The molecule has 1 aliphatic carbocycles. The fraction of sp³-hybridized carbons (Fsp3) is 1.00. The molecule has 0 heterocycles. The summed E-state index contributed by atoms with van der Waals surface area (Å²) in [5, 5.41) is 9.70. The van der Waals surface area contributed by atoms with E-state index < -0.39 is 5.60 Å². The van der Waals surface area contributed by atoms with Crippen molar-refractivity contribution in [2.45, 2.75) is 50.7 Å². The van der Waals surface area contributed by atoms with Crippen LogP contribution in [0.4, 0.5) is 0 Å². The second-order valence-corrected chi connectivity index (χ2v) is 4.87. The first kappa shape index (κ1) is 12.0. The van der Waals surface area contributed by atoms with Crippen LogP contribution in [-0.2, 0) is 0 Å². The lowest BCUT2D eigenvalue weighted by atomic mass is 9.91. The van der Waals surface area contributed by atoms with Crippen LogP contribution in [0, 0.1) is 0 Å². The second-order valence-electron chi connectivity index (χ2n) is 4.87. The third-order valence-electron chi connectivity index (χ3n) is 3.36. The molecule has 0 spiro atoms. The smallest absolute Gasteiger partial charge is 0.0741 e. The summed E-state index contributed by atoms with van der Waals surface area (Å²) in [5.41, 5.74) is 4.79. The van der Waals surface area contributed by atoms with E-state index in [2.05, 4.69) is 11.9 Å². The van der Waals surface area contributed by atoms with Gasteiger partial charge in [-0.2, -0.15) is 0 Å². The van der Waals surface area contributed by atoms with Gasteiger partial charge in [-0.1, -0.05) is 6.42 Å². The molecule has 0 saturated heterocycles. The predicted octanol–water partition coefficient (Wildman–Crippen LogP) is 0.961. The SMILES string of the molecule is CN(CCCC(C)(O)CN)C1CCC1. The molecule has 1 atom stereocenters. The summed E-state index contributed by atoms with van der Waals surface area (Å²) in [4.78, 5) is 2.41. The lowest BCUT2D eigenvalue weighted by Gasteiger charge is -2.35. The standard InChI is InChI=1S/C11H24N2O/c1-11(14,9-12)7-4-8-13(2)10-5-3-6-10/h10,14H,3-9,12H2,1-2H3. The third kappa shape index (κ3) is 3.56. The van der Waals surface area contributed by atoms with Crippen LogP contribution in [-0.4, -0.2) is 41.8 Å². The van der Waals surface area contributed by atoms with E-state index in [9.17, 15) is 5.11 Å². The number of nitrogens with zero attached hydrogens (tertiary/aromatic N) is 1. The molecule has 0 radical (unpaired) electrons. The summed E-state index contributed by atoms with van der Waals surface area (Å²) >= 11 is 0. The highest BCUT2D eigenvalue weighted by Crippen LogP contribution is 2.24. The van der Waals surface area contributed by atoms with E-state index in [1.54, 1.807) is 0 Å². The van der Waals surface area contributed by atoms with Crippen molar-refractivity contribution in [1.82, 2.24) is 4.90 Å². The highest BCUT2D eigenvalue weighted by molar-refractivity contribution is 4.79. The zero-order valence-corrected chi connectivity index (χ0v) is 9.50. The largest absolute Gasteiger partial charge is 0.389 e. The van der Waals surface area contributed by atoms with E-state index >= 15 is 0 Å². The zero-order chi connectivity index (χ0) is 10.6. The Labute approximate surface area is 87.3 Å². The average Bonchev–Trinajstić information content (AvgIpc) is 2.01. The van der Waals surface area contributed by atoms with Gasteiger partial charge in [-0.05, 0) is 46.2 Å². The first-order valence-corrected chi connectivity index (χ1v) is 5.68. The molecule has 0 amide bonds. The fourth-order valence-corrected chi connectivity index (χ4v) is 1.82. The van der Waals surface area contributed by atoms with E-state index in [0.29, 0.717) is 6.54 Å². The van der Waals surface area contributed by atoms with Crippen LogP contribution < -0.4 is 5.73 Å². The summed E-state index contributed by atoms with van der Waals surface area (Å²) in [6.45, 7) is 3.26. The Bertz CT molecular complexity index is 167. The molecule has 14 heavy (non-hydrogen) atoms. The molecule has 0 aromatic heterocycles. The van der Waals surface area contributed by atoms with Crippen LogP contribution in [0.1, 0.15) is 39.0 Å². The van der Waals surface area contributed by atoms with Gasteiger partial charge in [0.2, 0.25) is 0 Å². The molecule has 0 aromatic rings. The van der Waals surface area contributed by atoms with E-state index in [1.165, 1.54) is 19.3 Å². The van der Waals surface area contributed by atoms with Crippen molar-refractivity contribution in [3.05, 3.63) is 0 Å². The molecule has 0 aromatic carbocycles. The minimum atomic E-state index is -0.666. The van der Waals surface area contributed by atoms with Crippen LogP contribution >= 0.6 is 0 Å². The third-order valence-corrected chi connectivity index (χ3v) is 3.36. The van der Waals surface area contributed by atoms with Crippen molar-refractivity contribution < 1.29 is 5.11 Å². The Hall–Kier alpha value is -0.120. The van der Waals surface area contributed by atoms with Crippen molar-refractivity contribution in [1.29, 1.82) is 0 Å². The Kier molecular flexibility index (Phi) is 4.35. The molecule has 1 rings (SSSR count). The maximum atomic E-state index is 9.70. The maximum Gasteiger partial charge on any atom is 0.0741 e. The molecule has 1 saturated carbocycles. The number of nitrogens with two attached hydrogens (primary N) is 1. The number of rotatable bonds is 6. The summed E-state index contributed by atoms with van der Waals surface area (Å²) in [6, 6.07) is 0.804. The van der Waals surface area contributed by atoms with E-state index in [4.69, 9.17) is 5.73 Å². The lowest BCUT2D eigenvalue weighted by molar-refractivity contribution is 0.0515. The summed E-state index contributed by atoms with van der Waals surface area (Å²) in [6.07, 6.45) is 5.93. The highest BCUT2D eigenvalue weighted by atomic mass is 16.3. The normalized spacial score (nSPS) is 22.1. The summed E-state index contributed by atoms with van der Waals surface area (Å²) < 4.78 is 0. The first-order valence-electron chi connectivity index (χ1n) is 5.68. The Morgan fingerprint density at radius 1 is 1.50 bits per heavy atom. The molecule has 3 N–H and O–H groups in total. The Balaban J connectivity index is 2.08. The van der Waals surface area contributed by atoms with Crippen LogP contribution in [0.2, 0.25) is 0 Å². The van der Waals surface area contributed by atoms with Crippen LogP contribution in [0.15, 0.2) is 0 Å². The molecule has 0 bridgehead atoms. The van der Waals surface area contributed by atoms with Crippen molar-refractivity contribution >= 4 is 0 Å². The summed E-state index contributed by atoms with van der Waals surface area (Å²) in [7, 11) is 2.18. The molecule has 3 heteroatoms. The average molecular weight is 200 g/mol. The van der Waals surface area contributed by atoms with Gasteiger partial charge in [0.25, 0.3) is 0 Å². The monoisotopic (exact) mass is 200 g/mol. The van der Waals surface area contributed by atoms with Gasteiger partial charge in [-0.25, -0.2) is 0 Å². The molecule has 3 nitrogen and oxygen atoms in total. The van der Waals surface area contributed by atoms with Crippen molar-refractivity contribution in [2.24, 2.45) is 5.73 Å². The van der Waals surface area contributed by atoms with Crippen LogP contribution in [0.5, 0.6) is 0 Å². The topological polar surface area (TPSA) is 49.5 Å².